The highest BCUT2D eigenvalue weighted by atomic mass is 32.1. The maximum atomic E-state index is 12.8. The van der Waals surface area contributed by atoms with E-state index >= 15 is 0 Å². The first-order chi connectivity index (χ1) is 14.7. The van der Waals surface area contributed by atoms with Crippen LogP contribution in [0, 0.1) is 0 Å². The Morgan fingerprint density at radius 1 is 0.967 bits per heavy atom. The third kappa shape index (κ3) is 5.34. The lowest BCUT2D eigenvalue weighted by molar-refractivity contribution is -0.131. The standard InChI is InChI=1S/C22H25N5O2S/c28-21(23-18-6-2-1-3-7-18)16-25-10-5-11-26(14-13-25)22(29)17-27-12-9-19(24-27)20-8-4-15-30-20/h1-4,6-9,12,15H,5,10-11,13-14,16-17H2,(H,23,28). The average Bonchev–Trinajstić information content (AvgIpc) is 3.38. The molecule has 0 bridgehead atoms. The first-order valence-electron chi connectivity index (χ1n) is 10.1. The summed E-state index contributed by atoms with van der Waals surface area (Å²) >= 11 is 1.64. The van der Waals surface area contributed by atoms with E-state index < -0.39 is 0 Å². The van der Waals surface area contributed by atoms with Crippen molar-refractivity contribution in [1.29, 1.82) is 0 Å². The summed E-state index contributed by atoms with van der Waals surface area (Å²) in [5.74, 6) is 0.0324. The maximum Gasteiger partial charge on any atom is 0.244 e. The zero-order valence-corrected chi connectivity index (χ0v) is 17.6. The zero-order valence-electron chi connectivity index (χ0n) is 16.7. The van der Waals surface area contributed by atoms with Crippen LogP contribution in [-0.4, -0.2) is 64.1 Å². The summed E-state index contributed by atoms with van der Waals surface area (Å²) in [5, 5.41) is 9.46. The molecule has 30 heavy (non-hydrogen) atoms. The van der Waals surface area contributed by atoms with Gasteiger partial charge in [0.15, 0.2) is 0 Å². The summed E-state index contributed by atoms with van der Waals surface area (Å²) in [7, 11) is 0. The zero-order chi connectivity index (χ0) is 20.8. The number of nitrogens with one attached hydrogen (secondary N) is 1. The molecule has 0 spiro atoms. The van der Waals surface area contributed by atoms with Crippen molar-refractivity contribution in [2.24, 2.45) is 0 Å². The topological polar surface area (TPSA) is 70.5 Å². The number of anilines is 1. The summed E-state index contributed by atoms with van der Waals surface area (Å²) in [5.41, 5.74) is 1.69. The van der Waals surface area contributed by atoms with Crippen LogP contribution in [0.1, 0.15) is 6.42 Å². The number of benzene rings is 1. The molecular weight excluding hydrogens is 398 g/mol. The molecular formula is C22H25N5O2S. The Hall–Kier alpha value is -2.97. The van der Waals surface area contributed by atoms with Crippen molar-refractivity contribution in [2.45, 2.75) is 13.0 Å². The van der Waals surface area contributed by atoms with E-state index in [4.69, 9.17) is 0 Å². The van der Waals surface area contributed by atoms with Crippen molar-refractivity contribution in [3.05, 3.63) is 60.1 Å². The number of thiophene rings is 1. The van der Waals surface area contributed by atoms with E-state index in [9.17, 15) is 9.59 Å². The van der Waals surface area contributed by atoms with Crippen LogP contribution in [-0.2, 0) is 16.1 Å². The van der Waals surface area contributed by atoms with Gasteiger partial charge in [-0.15, -0.1) is 11.3 Å². The van der Waals surface area contributed by atoms with Gasteiger partial charge >= 0.3 is 0 Å². The second-order valence-electron chi connectivity index (χ2n) is 7.30. The average molecular weight is 424 g/mol. The van der Waals surface area contributed by atoms with Crippen LogP contribution in [0.4, 0.5) is 5.69 Å². The minimum absolute atomic E-state index is 0.0291. The number of carbonyl (C=O) groups excluding carboxylic acids is 2. The van der Waals surface area contributed by atoms with Gasteiger partial charge in [0, 0.05) is 38.1 Å². The molecule has 1 saturated heterocycles. The van der Waals surface area contributed by atoms with E-state index in [0.29, 0.717) is 26.2 Å². The number of rotatable bonds is 6. The maximum absolute atomic E-state index is 12.8. The number of para-hydroxylation sites is 1. The summed E-state index contributed by atoms with van der Waals surface area (Å²) < 4.78 is 1.70. The van der Waals surface area contributed by atoms with Gasteiger partial charge in [-0.2, -0.15) is 5.10 Å². The minimum Gasteiger partial charge on any atom is -0.340 e. The van der Waals surface area contributed by atoms with Crippen molar-refractivity contribution in [1.82, 2.24) is 19.6 Å². The molecule has 0 atom stereocenters. The smallest absolute Gasteiger partial charge is 0.244 e. The van der Waals surface area contributed by atoms with E-state index in [0.717, 1.165) is 29.2 Å². The molecule has 1 N–H and O–H groups in total. The highest BCUT2D eigenvalue weighted by molar-refractivity contribution is 7.13. The van der Waals surface area contributed by atoms with Crippen LogP contribution in [0.5, 0.6) is 0 Å². The molecule has 1 aromatic carbocycles. The number of aromatic nitrogens is 2. The fraction of sp³-hybridized carbons (Fsp3) is 0.318. The summed E-state index contributed by atoms with van der Waals surface area (Å²) in [6.45, 7) is 3.38. The number of amides is 2. The largest absolute Gasteiger partial charge is 0.340 e. The molecule has 1 aliphatic heterocycles. The molecule has 1 aliphatic rings. The van der Waals surface area contributed by atoms with Gasteiger partial charge in [0.2, 0.25) is 11.8 Å². The Labute approximate surface area is 179 Å². The third-order valence-electron chi connectivity index (χ3n) is 5.08. The van der Waals surface area contributed by atoms with Gasteiger partial charge < -0.3 is 10.2 Å². The molecule has 2 aromatic heterocycles. The Balaban J connectivity index is 1.26. The number of nitrogens with zero attached hydrogens (tertiary/aromatic N) is 4. The summed E-state index contributed by atoms with van der Waals surface area (Å²) in [6.07, 6.45) is 2.70. The van der Waals surface area contributed by atoms with Crippen molar-refractivity contribution >= 4 is 28.8 Å². The first-order valence-corrected chi connectivity index (χ1v) is 11.0. The molecule has 3 aromatic rings. The highest BCUT2D eigenvalue weighted by Gasteiger charge is 2.21. The SMILES string of the molecule is O=C(CN1CCCN(C(=O)Cn2ccc(-c3cccs3)n2)CC1)Nc1ccccc1. The van der Waals surface area contributed by atoms with E-state index in [1.54, 1.807) is 16.0 Å². The molecule has 4 rings (SSSR count). The molecule has 0 radical (unpaired) electrons. The van der Waals surface area contributed by atoms with E-state index in [2.05, 4.69) is 15.3 Å². The van der Waals surface area contributed by atoms with Crippen molar-refractivity contribution in [3.63, 3.8) is 0 Å². The first kappa shape index (κ1) is 20.3. The van der Waals surface area contributed by atoms with E-state index in [1.807, 2.05) is 65.0 Å². The van der Waals surface area contributed by atoms with Crippen molar-refractivity contribution < 1.29 is 9.59 Å². The quantitative estimate of drug-likeness (QED) is 0.662. The monoisotopic (exact) mass is 423 g/mol. The second-order valence-corrected chi connectivity index (χ2v) is 8.25. The Morgan fingerprint density at radius 2 is 1.83 bits per heavy atom. The normalized spacial score (nSPS) is 15.0. The molecule has 0 unspecified atom stereocenters. The molecule has 1 fully saturated rings. The molecule has 7 nitrogen and oxygen atoms in total. The van der Waals surface area contributed by atoms with Crippen LogP contribution in [0.25, 0.3) is 10.6 Å². The van der Waals surface area contributed by atoms with Gasteiger partial charge in [-0.3, -0.25) is 19.2 Å². The fourth-order valence-corrected chi connectivity index (χ4v) is 4.24. The van der Waals surface area contributed by atoms with E-state index in [1.165, 1.54) is 0 Å². The Bertz CT molecular complexity index is 971. The van der Waals surface area contributed by atoms with Crippen molar-refractivity contribution in [3.8, 4) is 10.6 Å². The molecule has 0 saturated carbocycles. The molecule has 3 heterocycles. The molecule has 8 heteroatoms. The Kier molecular flexibility index (Phi) is 6.56. The number of carbonyl (C=O) groups is 2. The van der Waals surface area contributed by atoms with Crippen LogP contribution in [0.2, 0.25) is 0 Å². The summed E-state index contributed by atoms with van der Waals surface area (Å²) in [4.78, 5) is 30.1. The molecule has 0 aliphatic carbocycles. The fourth-order valence-electron chi connectivity index (χ4n) is 3.55. The van der Waals surface area contributed by atoms with Crippen LogP contribution < -0.4 is 5.32 Å². The Morgan fingerprint density at radius 3 is 2.63 bits per heavy atom. The predicted octanol–water partition coefficient (Wildman–Crippen LogP) is 2.78. The highest BCUT2D eigenvalue weighted by Crippen LogP contribution is 2.22. The van der Waals surface area contributed by atoms with Gasteiger partial charge in [0.1, 0.15) is 12.2 Å². The van der Waals surface area contributed by atoms with E-state index in [-0.39, 0.29) is 18.4 Å². The van der Waals surface area contributed by atoms with Crippen LogP contribution >= 0.6 is 11.3 Å². The van der Waals surface area contributed by atoms with Gasteiger partial charge in [-0.05, 0) is 36.1 Å². The van der Waals surface area contributed by atoms with Gasteiger partial charge in [0.05, 0.1) is 11.4 Å². The third-order valence-corrected chi connectivity index (χ3v) is 5.97. The molecule has 156 valence electrons. The van der Waals surface area contributed by atoms with Gasteiger partial charge in [-0.25, -0.2) is 0 Å². The second kappa shape index (κ2) is 9.69. The summed E-state index contributed by atoms with van der Waals surface area (Å²) in [6, 6.07) is 15.4. The molecule has 2 amide bonds. The lowest BCUT2D eigenvalue weighted by atomic mass is 10.3. The lowest BCUT2D eigenvalue weighted by Crippen LogP contribution is -2.39. The predicted molar refractivity (Wildman–Crippen MR) is 118 cm³/mol. The van der Waals surface area contributed by atoms with Gasteiger partial charge in [0.25, 0.3) is 0 Å². The van der Waals surface area contributed by atoms with Crippen LogP contribution in [0.15, 0.2) is 60.1 Å². The number of hydrogen-bond donors (Lipinski definition) is 1. The van der Waals surface area contributed by atoms with Gasteiger partial charge in [-0.1, -0.05) is 24.3 Å². The minimum atomic E-state index is -0.0291. The number of hydrogen-bond acceptors (Lipinski definition) is 5. The van der Waals surface area contributed by atoms with Crippen LogP contribution in [0.3, 0.4) is 0 Å². The van der Waals surface area contributed by atoms with Crippen molar-refractivity contribution in [2.75, 3.05) is 38.0 Å². The lowest BCUT2D eigenvalue weighted by Gasteiger charge is -2.21.